The summed E-state index contributed by atoms with van der Waals surface area (Å²) < 4.78 is 13.6. The molecule has 0 unspecified atom stereocenters. The molecule has 0 saturated heterocycles. The Bertz CT molecular complexity index is 1850. The molecular formula is C38H38Br2N2O10. The number of hydrogen-bond donors (Lipinski definition) is 6. The molecule has 0 spiro atoms. The van der Waals surface area contributed by atoms with Crippen LogP contribution in [0, 0.1) is 13.8 Å². The van der Waals surface area contributed by atoms with E-state index in [0.717, 1.165) is 47.2 Å². The van der Waals surface area contributed by atoms with Crippen molar-refractivity contribution in [3.05, 3.63) is 115 Å². The van der Waals surface area contributed by atoms with Crippen molar-refractivity contribution in [3.63, 3.8) is 0 Å². The van der Waals surface area contributed by atoms with E-state index in [0.29, 0.717) is 31.6 Å². The van der Waals surface area contributed by atoms with Crippen LogP contribution in [0.1, 0.15) is 47.2 Å². The standard InChI is InChI=1S/C38H38Br2N2O10/c1-21-25(19-51-31-13-11-23(15-29(31)39)17-41-37(3,33(43)44)34(45)46)7-5-9-27(21)28-10-6-8-26(22(28)2)20-52-32-14-12-24(16-30(32)40)18-42-38(4,35(47)48)36(49)50/h5-16,41-42H,17-20H2,1-4H3,(H,43,44)(H,45,46)(H,47,48)(H,49,50). The Balaban J connectivity index is 1.43. The zero-order chi connectivity index (χ0) is 38.4. The zero-order valence-corrected chi connectivity index (χ0v) is 31.9. The van der Waals surface area contributed by atoms with Gasteiger partial charge in [0.25, 0.3) is 0 Å². The minimum Gasteiger partial charge on any atom is -0.488 e. The van der Waals surface area contributed by atoms with Crippen LogP contribution in [-0.2, 0) is 45.5 Å². The molecule has 0 aromatic heterocycles. The smallest absolute Gasteiger partial charge is 0.335 e. The Hall–Kier alpha value is -4.76. The number of benzene rings is 4. The Morgan fingerprint density at radius 2 is 0.942 bits per heavy atom. The van der Waals surface area contributed by atoms with E-state index in [1.54, 1.807) is 36.4 Å². The fraction of sp³-hybridized carbons (Fsp3) is 0.263. The summed E-state index contributed by atoms with van der Waals surface area (Å²) >= 11 is 7.01. The lowest BCUT2D eigenvalue weighted by Crippen LogP contribution is -2.55. The summed E-state index contributed by atoms with van der Waals surface area (Å²) in [5.41, 5.74) is 3.19. The van der Waals surface area contributed by atoms with E-state index in [2.05, 4.69) is 54.6 Å². The van der Waals surface area contributed by atoms with Gasteiger partial charge in [-0.2, -0.15) is 0 Å². The molecule has 4 rings (SSSR count). The lowest BCUT2D eigenvalue weighted by atomic mass is 9.92. The van der Waals surface area contributed by atoms with Crippen molar-refractivity contribution in [2.45, 2.75) is 65.1 Å². The lowest BCUT2D eigenvalue weighted by molar-refractivity contribution is -0.159. The molecule has 4 aromatic rings. The molecule has 0 aliphatic carbocycles. The maximum Gasteiger partial charge on any atom is 0.335 e. The molecule has 4 aromatic carbocycles. The second-order valence-electron chi connectivity index (χ2n) is 12.5. The third-order valence-electron chi connectivity index (χ3n) is 8.94. The number of carboxylic acids is 4. The van der Waals surface area contributed by atoms with Gasteiger partial charge in [0, 0.05) is 13.1 Å². The highest BCUT2D eigenvalue weighted by molar-refractivity contribution is 9.10. The van der Waals surface area contributed by atoms with E-state index in [1.165, 1.54) is 0 Å². The van der Waals surface area contributed by atoms with Crippen molar-refractivity contribution in [2.24, 2.45) is 0 Å². The van der Waals surface area contributed by atoms with Crippen LogP contribution < -0.4 is 20.1 Å². The maximum atomic E-state index is 11.5. The summed E-state index contributed by atoms with van der Waals surface area (Å²) in [5, 5.41) is 42.5. The quantitative estimate of drug-likeness (QED) is 0.0619. The first-order valence-electron chi connectivity index (χ1n) is 15.9. The zero-order valence-electron chi connectivity index (χ0n) is 28.8. The van der Waals surface area contributed by atoms with E-state index in [4.69, 9.17) is 9.47 Å². The van der Waals surface area contributed by atoms with Crippen LogP contribution in [0.3, 0.4) is 0 Å². The van der Waals surface area contributed by atoms with E-state index in [-0.39, 0.29) is 26.3 Å². The van der Waals surface area contributed by atoms with Crippen LogP contribution >= 0.6 is 31.9 Å². The molecule has 0 aliphatic rings. The van der Waals surface area contributed by atoms with E-state index >= 15 is 0 Å². The summed E-state index contributed by atoms with van der Waals surface area (Å²) in [7, 11) is 0. The average molecular weight is 843 g/mol. The highest BCUT2D eigenvalue weighted by Gasteiger charge is 2.42. The predicted molar refractivity (Wildman–Crippen MR) is 199 cm³/mol. The van der Waals surface area contributed by atoms with Crippen LogP contribution in [0.2, 0.25) is 0 Å². The van der Waals surface area contributed by atoms with E-state index in [9.17, 15) is 39.6 Å². The second-order valence-corrected chi connectivity index (χ2v) is 14.2. The minimum absolute atomic E-state index is 0.0196. The number of ether oxygens (including phenoxy) is 2. The first-order valence-corrected chi connectivity index (χ1v) is 17.5. The molecule has 0 atom stereocenters. The molecule has 12 nitrogen and oxygen atoms in total. The van der Waals surface area contributed by atoms with Gasteiger partial charge >= 0.3 is 23.9 Å². The van der Waals surface area contributed by atoms with Gasteiger partial charge in [0.15, 0.2) is 0 Å². The maximum absolute atomic E-state index is 11.5. The fourth-order valence-electron chi connectivity index (χ4n) is 5.16. The SMILES string of the molecule is Cc1c(COc2ccc(CNC(C)(C(=O)O)C(=O)O)cc2Br)cccc1-c1cccc(COc2ccc(CNC(C)(C(=O)O)C(=O)O)cc2Br)c1C. The third-order valence-corrected chi connectivity index (χ3v) is 10.2. The number of hydrogen-bond acceptors (Lipinski definition) is 8. The summed E-state index contributed by atoms with van der Waals surface area (Å²) in [5.74, 6) is -4.80. The van der Waals surface area contributed by atoms with Gasteiger partial charge in [0.1, 0.15) is 24.7 Å². The molecule has 14 heteroatoms. The summed E-state index contributed by atoms with van der Waals surface area (Å²) in [6, 6.07) is 22.5. The molecule has 0 fully saturated rings. The van der Waals surface area contributed by atoms with Gasteiger partial charge in [-0.15, -0.1) is 0 Å². The first-order chi connectivity index (χ1) is 24.5. The molecule has 52 heavy (non-hydrogen) atoms. The topological polar surface area (TPSA) is 192 Å². The van der Waals surface area contributed by atoms with Gasteiger partial charge in [0.05, 0.1) is 8.95 Å². The molecular weight excluding hydrogens is 804 g/mol. The Labute approximate surface area is 317 Å². The Kier molecular flexibility index (Phi) is 12.9. The van der Waals surface area contributed by atoms with Crippen molar-refractivity contribution < 1.29 is 49.1 Å². The Morgan fingerprint density at radius 3 is 1.25 bits per heavy atom. The molecule has 0 saturated carbocycles. The van der Waals surface area contributed by atoms with Crippen LogP contribution in [0.5, 0.6) is 11.5 Å². The van der Waals surface area contributed by atoms with Crippen LogP contribution in [0.15, 0.2) is 81.7 Å². The molecule has 0 heterocycles. The predicted octanol–water partition coefficient (Wildman–Crippen LogP) is 6.69. The van der Waals surface area contributed by atoms with Crippen molar-refractivity contribution in [1.82, 2.24) is 10.6 Å². The van der Waals surface area contributed by atoms with E-state index in [1.807, 2.05) is 38.1 Å². The molecule has 0 bridgehead atoms. The lowest BCUT2D eigenvalue weighted by Gasteiger charge is -2.21. The highest BCUT2D eigenvalue weighted by Crippen LogP contribution is 2.33. The fourth-order valence-corrected chi connectivity index (χ4v) is 6.24. The van der Waals surface area contributed by atoms with Crippen molar-refractivity contribution in [3.8, 4) is 22.6 Å². The van der Waals surface area contributed by atoms with Gasteiger partial charge in [0.2, 0.25) is 11.1 Å². The van der Waals surface area contributed by atoms with Crippen molar-refractivity contribution in [1.29, 1.82) is 0 Å². The van der Waals surface area contributed by atoms with Crippen LogP contribution in [0.4, 0.5) is 0 Å². The van der Waals surface area contributed by atoms with Crippen molar-refractivity contribution in [2.75, 3.05) is 0 Å². The summed E-state index contributed by atoms with van der Waals surface area (Å²) in [4.78, 5) is 45.9. The number of halogens is 2. The number of rotatable bonds is 17. The van der Waals surface area contributed by atoms with Gasteiger partial charge in [-0.1, -0.05) is 48.5 Å². The third kappa shape index (κ3) is 8.99. The van der Waals surface area contributed by atoms with Crippen LogP contribution in [0.25, 0.3) is 11.1 Å². The minimum atomic E-state index is -2.12. The summed E-state index contributed by atoms with van der Waals surface area (Å²) in [6.07, 6.45) is 0. The van der Waals surface area contributed by atoms with Crippen molar-refractivity contribution >= 4 is 55.7 Å². The summed E-state index contributed by atoms with van der Waals surface area (Å²) in [6.45, 7) is 6.86. The number of carbonyl (C=O) groups is 4. The molecule has 274 valence electrons. The number of carboxylic acid groups (broad SMARTS) is 4. The van der Waals surface area contributed by atoms with Gasteiger partial charge in [-0.25, -0.2) is 19.2 Å². The number of aliphatic carboxylic acids is 4. The van der Waals surface area contributed by atoms with Crippen LogP contribution in [-0.4, -0.2) is 55.4 Å². The molecule has 0 aliphatic heterocycles. The van der Waals surface area contributed by atoms with Gasteiger partial charge < -0.3 is 29.9 Å². The molecule has 0 radical (unpaired) electrons. The average Bonchev–Trinajstić information content (AvgIpc) is 3.09. The normalized spacial score (nSPS) is 11.6. The Morgan fingerprint density at radius 1 is 0.596 bits per heavy atom. The monoisotopic (exact) mass is 840 g/mol. The van der Waals surface area contributed by atoms with Gasteiger partial charge in [-0.05, 0) is 128 Å². The van der Waals surface area contributed by atoms with Gasteiger partial charge in [-0.3, -0.25) is 10.6 Å². The highest BCUT2D eigenvalue weighted by atomic mass is 79.9. The molecule has 6 N–H and O–H groups in total. The second kappa shape index (κ2) is 16.7. The largest absolute Gasteiger partial charge is 0.488 e. The molecule has 0 amide bonds. The first kappa shape index (κ1) is 40.0. The van der Waals surface area contributed by atoms with E-state index < -0.39 is 35.0 Å². The number of nitrogens with one attached hydrogen (secondary N) is 2.